The first-order valence-corrected chi connectivity index (χ1v) is 6.52. The number of rotatable bonds is 1. The van der Waals surface area contributed by atoms with E-state index in [0.29, 0.717) is 0 Å². The normalized spacial score (nSPS) is 10.9. The molecule has 3 nitrogen and oxygen atoms in total. The molecule has 0 unspecified atom stereocenters. The third-order valence-electron chi connectivity index (χ3n) is 2.51. The molecule has 2 rings (SSSR count). The maximum atomic E-state index is 11.9. The lowest BCUT2D eigenvalue weighted by molar-refractivity contribution is 0.583. The lowest BCUT2D eigenvalue weighted by Gasteiger charge is -2.05. The number of imidazole rings is 1. The zero-order chi connectivity index (χ0) is 13.9. The monoisotopic (exact) mass is 248 g/mol. The molecule has 1 heterocycles. The zero-order valence-corrected chi connectivity index (χ0v) is 12.3. The van der Waals surface area contributed by atoms with Crippen LogP contribution in [0.15, 0.2) is 29.1 Å². The first-order valence-electron chi connectivity index (χ1n) is 6.52. The lowest BCUT2D eigenvalue weighted by Crippen LogP contribution is -2.23. The Hall–Kier alpha value is -1.51. The standard InChI is InChI=1S/C11H14N2O.C4H10/c1-8(2)13-10-7-5-4-6-9(10)12(3)11(13)14;1-4(2)3/h4-8H,1-3H3;4H,1-3H3. The number of hydrogen-bond donors (Lipinski definition) is 0. The van der Waals surface area contributed by atoms with E-state index in [4.69, 9.17) is 0 Å². The second kappa shape index (κ2) is 5.89. The second-order valence-electron chi connectivity index (χ2n) is 5.53. The van der Waals surface area contributed by atoms with Gasteiger partial charge in [-0.2, -0.15) is 0 Å². The molecule has 1 aromatic carbocycles. The largest absolute Gasteiger partial charge is 0.329 e. The molecule has 0 spiro atoms. The van der Waals surface area contributed by atoms with E-state index in [2.05, 4.69) is 20.8 Å². The summed E-state index contributed by atoms with van der Waals surface area (Å²) >= 11 is 0. The van der Waals surface area contributed by atoms with Crippen LogP contribution in [0.2, 0.25) is 0 Å². The number of fused-ring (bicyclic) bond motifs is 1. The van der Waals surface area contributed by atoms with Gasteiger partial charge in [-0.1, -0.05) is 32.9 Å². The molecule has 0 amide bonds. The predicted octanol–water partition coefficient (Wildman–Crippen LogP) is 3.58. The molecular weight excluding hydrogens is 224 g/mol. The van der Waals surface area contributed by atoms with Crippen molar-refractivity contribution in [3.8, 4) is 0 Å². The van der Waals surface area contributed by atoms with Crippen molar-refractivity contribution in [1.29, 1.82) is 0 Å². The van der Waals surface area contributed by atoms with Crippen molar-refractivity contribution in [2.45, 2.75) is 40.7 Å². The van der Waals surface area contributed by atoms with E-state index in [9.17, 15) is 4.79 Å². The molecular formula is C15H24N2O. The Morgan fingerprint density at radius 3 is 1.83 bits per heavy atom. The topological polar surface area (TPSA) is 26.9 Å². The molecule has 0 aliphatic rings. The molecule has 0 fully saturated rings. The van der Waals surface area contributed by atoms with E-state index >= 15 is 0 Å². The number of nitrogens with zero attached hydrogens (tertiary/aromatic N) is 2. The van der Waals surface area contributed by atoms with Crippen LogP contribution in [0.4, 0.5) is 0 Å². The lowest BCUT2D eigenvalue weighted by atomic mass is 10.3. The van der Waals surface area contributed by atoms with Gasteiger partial charge in [0.05, 0.1) is 11.0 Å². The van der Waals surface area contributed by atoms with Crippen LogP contribution in [0, 0.1) is 5.92 Å². The fourth-order valence-corrected chi connectivity index (χ4v) is 1.82. The summed E-state index contributed by atoms with van der Waals surface area (Å²) in [7, 11) is 1.81. The highest BCUT2D eigenvalue weighted by molar-refractivity contribution is 5.75. The highest BCUT2D eigenvalue weighted by Crippen LogP contribution is 2.15. The summed E-state index contributed by atoms with van der Waals surface area (Å²) in [5.74, 6) is 0.833. The maximum absolute atomic E-state index is 11.9. The predicted molar refractivity (Wildman–Crippen MR) is 78.1 cm³/mol. The molecule has 2 aromatic rings. The van der Waals surface area contributed by atoms with Crippen LogP contribution in [0.3, 0.4) is 0 Å². The molecule has 0 aliphatic heterocycles. The summed E-state index contributed by atoms with van der Waals surface area (Å²) < 4.78 is 3.50. The summed E-state index contributed by atoms with van der Waals surface area (Å²) in [5.41, 5.74) is 2.06. The van der Waals surface area contributed by atoms with Gasteiger partial charge in [0.2, 0.25) is 0 Å². The minimum Gasteiger partial charge on any atom is -0.295 e. The molecule has 18 heavy (non-hydrogen) atoms. The van der Waals surface area contributed by atoms with Crippen molar-refractivity contribution in [2.24, 2.45) is 13.0 Å². The zero-order valence-electron chi connectivity index (χ0n) is 12.3. The van der Waals surface area contributed by atoms with Gasteiger partial charge in [0.1, 0.15) is 0 Å². The summed E-state index contributed by atoms with van der Waals surface area (Å²) in [6.45, 7) is 10.5. The number of aromatic nitrogens is 2. The van der Waals surface area contributed by atoms with Crippen LogP contribution in [0.1, 0.15) is 40.7 Å². The molecule has 0 atom stereocenters. The van der Waals surface area contributed by atoms with Gasteiger partial charge in [-0.25, -0.2) is 4.79 Å². The highest BCUT2D eigenvalue weighted by Gasteiger charge is 2.11. The van der Waals surface area contributed by atoms with E-state index in [1.165, 1.54) is 0 Å². The summed E-state index contributed by atoms with van der Waals surface area (Å²) in [6.07, 6.45) is 0. The van der Waals surface area contributed by atoms with Crippen molar-refractivity contribution >= 4 is 11.0 Å². The molecule has 0 aliphatic carbocycles. The summed E-state index contributed by atoms with van der Waals surface area (Å²) in [6, 6.07) is 8.06. The van der Waals surface area contributed by atoms with Crippen LogP contribution in [0.25, 0.3) is 11.0 Å². The quantitative estimate of drug-likeness (QED) is 0.757. The fraction of sp³-hybridized carbons (Fsp3) is 0.533. The fourth-order valence-electron chi connectivity index (χ4n) is 1.82. The Bertz CT molecular complexity index is 559. The highest BCUT2D eigenvalue weighted by atomic mass is 16.1. The second-order valence-corrected chi connectivity index (χ2v) is 5.53. The Kier molecular flexibility index (Phi) is 4.76. The van der Waals surface area contributed by atoms with Gasteiger partial charge in [-0.05, 0) is 31.9 Å². The van der Waals surface area contributed by atoms with Crippen molar-refractivity contribution in [2.75, 3.05) is 0 Å². The number of benzene rings is 1. The molecule has 0 bridgehead atoms. The van der Waals surface area contributed by atoms with Gasteiger partial charge >= 0.3 is 5.69 Å². The van der Waals surface area contributed by atoms with Crippen LogP contribution >= 0.6 is 0 Å². The van der Waals surface area contributed by atoms with Crippen molar-refractivity contribution < 1.29 is 0 Å². The minimum atomic E-state index is 0.0567. The Labute approximate surface area is 109 Å². The van der Waals surface area contributed by atoms with Crippen molar-refractivity contribution in [3.05, 3.63) is 34.7 Å². The van der Waals surface area contributed by atoms with Gasteiger partial charge in [0.25, 0.3) is 0 Å². The van der Waals surface area contributed by atoms with Gasteiger partial charge < -0.3 is 0 Å². The first-order chi connectivity index (χ1) is 8.36. The third-order valence-corrected chi connectivity index (χ3v) is 2.51. The van der Waals surface area contributed by atoms with Crippen molar-refractivity contribution in [1.82, 2.24) is 9.13 Å². The van der Waals surface area contributed by atoms with E-state index in [-0.39, 0.29) is 11.7 Å². The van der Waals surface area contributed by atoms with Gasteiger partial charge in [-0.15, -0.1) is 0 Å². The number of hydrogen-bond acceptors (Lipinski definition) is 1. The van der Waals surface area contributed by atoms with Gasteiger partial charge in [0.15, 0.2) is 0 Å². The van der Waals surface area contributed by atoms with E-state index in [1.807, 2.05) is 49.7 Å². The average molecular weight is 248 g/mol. The van der Waals surface area contributed by atoms with E-state index in [0.717, 1.165) is 17.0 Å². The molecule has 1 aromatic heterocycles. The Morgan fingerprint density at radius 1 is 0.944 bits per heavy atom. The van der Waals surface area contributed by atoms with Crippen LogP contribution in [0.5, 0.6) is 0 Å². The Morgan fingerprint density at radius 2 is 1.39 bits per heavy atom. The third kappa shape index (κ3) is 3.03. The molecule has 0 radical (unpaired) electrons. The van der Waals surface area contributed by atoms with Crippen LogP contribution in [-0.2, 0) is 7.05 Å². The average Bonchev–Trinajstić information content (AvgIpc) is 2.51. The summed E-state index contributed by atoms with van der Waals surface area (Å²) in [4.78, 5) is 11.9. The molecule has 0 saturated heterocycles. The van der Waals surface area contributed by atoms with Crippen molar-refractivity contribution in [3.63, 3.8) is 0 Å². The maximum Gasteiger partial charge on any atom is 0.329 e. The van der Waals surface area contributed by atoms with Crippen LogP contribution in [-0.4, -0.2) is 9.13 Å². The van der Waals surface area contributed by atoms with E-state index in [1.54, 1.807) is 4.57 Å². The Balaban J connectivity index is 0.000000357. The number of para-hydroxylation sites is 2. The van der Waals surface area contributed by atoms with Gasteiger partial charge in [-0.3, -0.25) is 9.13 Å². The molecule has 3 heteroatoms. The summed E-state index contributed by atoms with van der Waals surface area (Å²) in [5, 5.41) is 0. The minimum absolute atomic E-state index is 0.0567. The van der Waals surface area contributed by atoms with Gasteiger partial charge in [0, 0.05) is 13.1 Å². The molecule has 100 valence electrons. The molecule has 0 N–H and O–H groups in total. The smallest absolute Gasteiger partial charge is 0.295 e. The van der Waals surface area contributed by atoms with Crippen LogP contribution < -0.4 is 5.69 Å². The SMILES string of the molecule is CC(C)C.CC(C)n1c(=O)n(C)c2ccccc21. The number of aryl methyl sites for hydroxylation is 1. The molecule has 0 saturated carbocycles. The first kappa shape index (κ1) is 14.6. The van der Waals surface area contributed by atoms with E-state index < -0.39 is 0 Å².